The molecular weight excluding hydrogens is 256 g/mol. The molecule has 0 amide bonds. The van der Waals surface area contributed by atoms with Gasteiger partial charge in [0.2, 0.25) is 0 Å². The lowest BCUT2D eigenvalue weighted by atomic mass is 10.2. The number of hydrogen-bond acceptors (Lipinski definition) is 4. The van der Waals surface area contributed by atoms with E-state index in [2.05, 4.69) is 0 Å². The quantitative estimate of drug-likeness (QED) is 0.750. The topological polar surface area (TPSA) is 36.9 Å². The van der Waals surface area contributed by atoms with Gasteiger partial charge in [0.05, 0.1) is 33.5 Å². The number of hydrogen-bond donors (Lipinski definition) is 0. The van der Waals surface area contributed by atoms with Gasteiger partial charge in [0.25, 0.3) is 0 Å². The molecule has 0 N–H and O–H groups in total. The standard InChI is InChI=1S/C16H22O4/c1-13(10-16-19-8-3-9-20-16)11-18-12-14-4-6-15(17-2)7-5-14/h4-7,10,16H,3,8-9,11-12H2,1-2H3/b13-10+. The zero-order chi connectivity index (χ0) is 14.2. The average molecular weight is 278 g/mol. The van der Waals surface area contributed by atoms with Gasteiger partial charge < -0.3 is 18.9 Å². The minimum absolute atomic E-state index is 0.215. The van der Waals surface area contributed by atoms with Gasteiger partial charge in [0.15, 0.2) is 6.29 Å². The number of ether oxygens (including phenoxy) is 4. The number of methoxy groups -OCH3 is 1. The highest BCUT2D eigenvalue weighted by molar-refractivity contribution is 5.26. The second-order valence-electron chi connectivity index (χ2n) is 4.82. The summed E-state index contributed by atoms with van der Waals surface area (Å²) in [5, 5.41) is 0. The fourth-order valence-electron chi connectivity index (χ4n) is 1.93. The molecule has 0 saturated carbocycles. The first kappa shape index (κ1) is 15.0. The van der Waals surface area contributed by atoms with E-state index in [0.29, 0.717) is 13.2 Å². The predicted octanol–water partition coefficient (Wildman–Crippen LogP) is 2.92. The maximum Gasteiger partial charge on any atom is 0.177 e. The summed E-state index contributed by atoms with van der Waals surface area (Å²) in [6.45, 7) is 4.72. The molecule has 0 aromatic heterocycles. The van der Waals surface area contributed by atoms with E-state index < -0.39 is 0 Å². The van der Waals surface area contributed by atoms with Crippen molar-refractivity contribution >= 4 is 0 Å². The highest BCUT2D eigenvalue weighted by atomic mass is 16.7. The van der Waals surface area contributed by atoms with Crippen LogP contribution in [0.4, 0.5) is 0 Å². The monoisotopic (exact) mass is 278 g/mol. The third-order valence-electron chi connectivity index (χ3n) is 3.03. The van der Waals surface area contributed by atoms with Crippen LogP contribution in [0.25, 0.3) is 0 Å². The molecular formula is C16H22O4. The van der Waals surface area contributed by atoms with Gasteiger partial charge in [-0.25, -0.2) is 0 Å². The van der Waals surface area contributed by atoms with Gasteiger partial charge >= 0.3 is 0 Å². The molecule has 0 aliphatic carbocycles. The van der Waals surface area contributed by atoms with Crippen molar-refractivity contribution < 1.29 is 18.9 Å². The first-order valence-electron chi connectivity index (χ1n) is 6.89. The van der Waals surface area contributed by atoms with Crippen LogP contribution in [0.2, 0.25) is 0 Å². The maximum atomic E-state index is 5.68. The van der Waals surface area contributed by atoms with Crippen molar-refractivity contribution in [1.29, 1.82) is 0 Å². The lowest BCUT2D eigenvalue weighted by Gasteiger charge is -2.21. The van der Waals surface area contributed by atoms with Crippen LogP contribution in [-0.2, 0) is 20.8 Å². The fraction of sp³-hybridized carbons (Fsp3) is 0.500. The van der Waals surface area contributed by atoms with Crippen LogP contribution in [0.3, 0.4) is 0 Å². The molecule has 110 valence electrons. The van der Waals surface area contributed by atoms with E-state index in [1.165, 1.54) is 0 Å². The third kappa shape index (κ3) is 4.96. The van der Waals surface area contributed by atoms with Gasteiger partial charge in [-0.3, -0.25) is 0 Å². The first-order chi connectivity index (χ1) is 9.78. The highest BCUT2D eigenvalue weighted by Crippen LogP contribution is 2.13. The van der Waals surface area contributed by atoms with E-state index in [1.54, 1.807) is 7.11 Å². The van der Waals surface area contributed by atoms with E-state index in [-0.39, 0.29) is 6.29 Å². The van der Waals surface area contributed by atoms with Gasteiger partial charge in [0.1, 0.15) is 5.75 Å². The Morgan fingerprint density at radius 3 is 2.60 bits per heavy atom. The van der Waals surface area contributed by atoms with Crippen LogP contribution in [0, 0.1) is 0 Å². The molecule has 1 fully saturated rings. The molecule has 20 heavy (non-hydrogen) atoms. The molecule has 1 heterocycles. The SMILES string of the molecule is COc1ccc(COC/C(C)=C/C2OCCCO2)cc1. The molecule has 4 heteroatoms. The Morgan fingerprint density at radius 1 is 1.25 bits per heavy atom. The second kappa shape index (κ2) is 8.04. The Hall–Kier alpha value is -1.36. The van der Waals surface area contributed by atoms with Crippen molar-refractivity contribution in [2.75, 3.05) is 26.9 Å². The zero-order valence-corrected chi connectivity index (χ0v) is 12.1. The minimum atomic E-state index is -0.215. The summed E-state index contributed by atoms with van der Waals surface area (Å²) in [6.07, 6.45) is 2.73. The van der Waals surface area contributed by atoms with Gasteiger partial charge in [0, 0.05) is 0 Å². The third-order valence-corrected chi connectivity index (χ3v) is 3.03. The summed E-state index contributed by atoms with van der Waals surface area (Å²) < 4.78 is 21.7. The van der Waals surface area contributed by atoms with Gasteiger partial charge in [-0.05, 0) is 42.7 Å². The summed E-state index contributed by atoms with van der Waals surface area (Å²) >= 11 is 0. The van der Waals surface area contributed by atoms with Crippen LogP contribution >= 0.6 is 0 Å². The van der Waals surface area contributed by atoms with Crippen LogP contribution in [-0.4, -0.2) is 33.2 Å². The number of rotatable bonds is 6. The Balaban J connectivity index is 1.72. The Morgan fingerprint density at radius 2 is 1.95 bits per heavy atom. The lowest BCUT2D eigenvalue weighted by molar-refractivity contribution is -0.150. The smallest absolute Gasteiger partial charge is 0.177 e. The van der Waals surface area contributed by atoms with Crippen molar-refractivity contribution in [1.82, 2.24) is 0 Å². The van der Waals surface area contributed by atoms with Crippen LogP contribution in [0.15, 0.2) is 35.9 Å². The molecule has 0 unspecified atom stereocenters. The van der Waals surface area contributed by atoms with Crippen molar-refractivity contribution in [3.8, 4) is 5.75 Å². The van der Waals surface area contributed by atoms with Crippen molar-refractivity contribution in [2.45, 2.75) is 26.2 Å². The first-order valence-corrected chi connectivity index (χ1v) is 6.89. The van der Waals surface area contributed by atoms with Crippen LogP contribution in [0.5, 0.6) is 5.75 Å². The molecule has 0 bridgehead atoms. The summed E-state index contributed by atoms with van der Waals surface area (Å²) in [6, 6.07) is 7.88. The predicted molar refractivity (Wildman–Crippen MR) is 76.7 cm³/mol. The Kier molecular flexibility index (Phi) is 6.05. The zero-order valence-electron chi connectivity index (χ0n) is 12.1. The van der Waals surface area contributed by atoms with Crippen LogP contribution in [0.1, 0.15) is 18.9 Å². The lowest BCUT2D eigenvalue weighted by Crippen LogP contribution is -2.23. The van der Waals surface area contributed by atoms with Crippen molar-refractivity contribution in [2.24, 2.45) is 0 Å². The van der Waals surface area contributed by atoms with E-state index >= 15 is 0 Å². The molecule has 1 aliphatic rings. The summed E-state index contributed by atoms with van der Waals surface area (Å²) in [4.78, 5) is 0. The molecule has 1 aliphatic heterocycles. The van der Waals surface area contributed by atoms with Gasteiger partial charge in [-0.2, -0.15) is 0 Å². The Labute approximate surface area is 120 Å². The van der Waals surface area contributed by atoms with Gasteiger partial charge in [-0.15, -0.1) is 0 Å². The summed E-state index contributed by atoms with van der Waals surface area (Å²) in [5.74, 6) is 0.858. The van der Waals surface area contributed by atoms with E-state index in [4.69, 9.17) is 18.9 Å². The Bertz CT molecular complexity index is 419. The van der Waals surface area contributed by atoms with E-state index in [1.807, 2.05) is 37.3 Å². The summed E-state index contributed by atoms with van der Waals surface area (Å²) in [7, 11) is 1.66. The molecule has 2 rings (SSSR count). The maximum absolute atomic E-state index is 5.68. The van der Waals surface area contributed by atoms with Crippen molar-refractivity contribution in [3.05, 3.63) is 41.5 Å². The molecule has 1 aromatic rings. The number of benzene rings is 1. The van der Waals surface area contributed by atoms with E-state index in [9.17, 15) is 0 Å². The molecule has 0 atom stereocenters. The van der Waals surface area contributed by atoms with Gasteiger partial charge in [-0.1, -0.05) is 12.1 Å². The fourth-order valence-corrected chi connectivity index (χ4v) is 1.93. The molecule has 0 radical (unpaired) electrons. The molecule has 0 spiro atoms. The van der Waals surface area contributed by atoms with Crippen LogP contribution < -0.4 is 4.74 Å². The van der Waals surface area contributed by atoms with E-state index in [0.717, 1.165) is 36.5 Å². The second-order valence-corrected chi connectivity index (χ2v) is 4.82. The highest BCUT2D eigenvalue weighted by Gasteiger charge is 2.11. The minimum Gasteiger partial charge on any atom is -0.497 e. The summed E-state index contributed by atoms with van der Waals surface area (Å²) in [5.41, 5.74) is 2.24. The average Bonchev–Trinajstić information content (AvgIpc) is 2.49. The van der Waals surface area contributed by atoms with Crippen molar-refractivity contribution in [3.63, 3.8) is 0 Å². The molecule has 4 nitrogen and oxygen atoms in total. The normalized spacial score (nSPS) is 17.2. The largest absolute Gasteiger partial charge is 0.497 e. The molecule has 1 aromatic carbocycles. The molecule has 1 saturated heterocycles.